The van der Waals surface area contributed by atoms with E-state index in [-0.39, 0.29) is 17.7 Å². The number of hydrogen-bond donors (Lipinski definition) is 1. The zero-order valence-corrected chi connectivity index (χ0v) is 12.8. The van der Waals surface area contributed by atoms with Gasteiger partial charge in [0.15, 0.2) is 0 Å². The lowest BCUT2D eigenvalue weighted by atomic mass is 10.1. The number of hydrogen-bond acceptors (Lipinski definition) is 3. The highest BCUT2D eigenvalue weighted by molar-refractivity contribution is 5.91. The fourth-order valence-corrected chi connectivity index (χ4v) is 1.98. The summed E-state index contributed by atoms with van der Waals surface area (Å²) in [6, 6.07) is 9.43. The predicted octanol–water partition coefficient (Wildman–Crippen LogP) is 4.08. The molecule has 2 aromatic rings. The van der Waals surface area contributed by atoms with Gasteiger partial charge in [0.25, 0.3) is 0 Å². The van der Waals surface area contributed by atoms with Crippen molar-refractivity contribution in [2.24, 2.45) is 0 Å². The summed E-state index contributed by atoms with van der Waals surface area (Å²) in [5.41, 5.74) is 0.780. The van der Waals surface area contributed by atoms with Crippen molar-refractivity contribution >= 4 is 12.0 Å². The first-order chi connectivity index (χ1) is 10.9. The molecule has 122 valence electrons. The molecule has 1 aromatic heterocycles. The minimum Gasteiger partial charge on any atom is -0.462 e. The Hall–Kier alpha value is -2.63. The van der Waals surface area contributed by atoms with Gasteiger partial charge in [0.05, 0.1) is 6.04 Å². The molecule has 0 bridgehead atoms. The summed E-state index contributed by atoms with van der Waals surface area (Å²) in [6.07, 6.45) is 2.96. The Kier molecular flexibility index (Phi) is 5.51. The van der Waals surface area contributed by atoms with Crippen LogP contribution in [0.15, 0.2) is 46.9 Å². The molecule has 1 amide bonds. The number of carbonyl (C=O) groups is 1. The molecular formula is C17H17F2NO3. The van der Waals surface area contributed by atoms with Gasteiger partial charge in [-0.25, -0.2) is 0 Å². The van der Waals surface area contributed by atoms with E-state index in [9.17, 15) is 13.6 Å². The normalized spacial score (nSPS) is 12.6. The van der Waals surface area contributed by atoms with Crippen molar-refractivity contribution in [2.75, 3.05) is 0 Å². The number of benzene rings is 1. The average Bonchev–Trinajstić information content (AvgIpc) is 2.91. The summed E-state index contributed by atoms with van der Waals surface area (Å²) in [5, 5.41) is 2.78. The van der Waals surface area contributed by atoms with E-state index >= 15 is 0 Å². The topological polar surface area (TPSA) is 51.5 Å². The Balaban J connectivity index is 1.91. The molecule has 0 aliphatic rings. The van der Waals surface area contributed by atoms with Gasteiger partial charge in [0, 0.05) is 6.08 Å². The molecule has 0 spiro atoms. The molecular weight excluding hydrogens is 304 g/mol. The number of ether oxygens (including phenoxy) is 1. The third kappa shape index (κ3) is 5.25. The van der Waals surface area contributed by atoms with Gasteiger partial charge in [-0.15, -0.1) is 0 Å². The number of alkyl halides is 2. The highest BCUT2D eigenvalue weighted by Crippen LogP contribution is 2.19. The SMILES string of the molecule is Cc1ccc(/C=C/C(=O)NC(C)c2ccc(OC(F)F)cc2)o1. The molecule has 2 rings (SSSR count). The first-order valence-corrected chi connectivity index (χ1v) is 7.04. The Morgan fingerprint density at radius 3 is 2.48 bits per heavy atom. The number of rotatable bonds is 6. The van der Waals surface area contributed by atoms with Crippen LogP contribution in [0.25, 0.3) is 6.08 Å². The van der Waals surface area contributed by atoms with Gasteiger partial charge in [-0.1, -0.05) is 12.1 Å². The molecule has 0 radical (unpaired) electrons. The third-order valence-electron chi connectivity index (χ3n) is 3.12. The lowest BCUT2D eigenvalue weighted by Crippen LogP contribution is -2.24. The zero-order chi connectivity index (χ0) is 16.8. The van der Waals surface area contributed by atoms with Gasteiger partial charge in [0.2, 0.25) is 5.91 Å². The molecule has 23 heavy (non-hydrogen) atoms. The summed E-state index contributed by atoms with van der Waals surface area (Å²) in [7, 11) is 0. The molecule has 0 aliphatic carbocycles. The van der Waals surface area contributed by atoms with E-state index in [4.69, 9.17) is 4.42 Å². The van der Waals surface area contributed by atoms with Gasteiger partial charge >= 0.3 is 6.61 Å². The molecule has 1 atom stereocenters. The van der Waals surface area contributed by atoms with Crippen molar-refractivity contribution in [1.29, 1.82) is 0 Å². The van der Waals surface area contributed by atoms with Crippen LogP contribution in [0, 0.1) is 6.92 Å². The highest BCUT2D eigenvalue weighted by Gasteiger charge is 2.09. The molecule has 6 heteroatoms. The Labute approximate surface area is 132 Å². The van der Waals surface area contributed by atoms with Crippen molar-refractivity contribution in [1.82, 2.24) is 5.32 Å². The Bertz CT molecular complexity index is 677. The number of furan rings is 1. The minimum absolute atomic E-state index is 0.0790. The third-order valence-corrected chi connectivity index (χ3v) is 3.12. The monoisotopic (exact) mass is 321 g/mol. The summed E-state index contributed by atoms with van der Waals surface area (Å²) < 4.78 is 33.8. The minimum atomic E-state index is -2.85. The molecule has 0 aliphatic heterocycles. The van der Waals surface area contributed by atoms with Gasteiger partial charge in [-0.2, -0.15) is 8.78 Å². The van der Waals surface area contributed by atoms with E-state index in [1.165, 1.54) is 18.2 Å². The fourth-order valence-electron chi connectivity index (χ4n) is 1.98. The van der Waals surface area contributed by atoms with Crippen molar-refractivity contribution < 1.29 is 22.7 Å². The fraction of sp³-hybridized carbons (Fsp3) is 0.235. The second-order valence-electron chi connectivity index (χ2n) is 4.96. The van der Waals surface area contributed by atoms with Crippen LogP contribution in [0.1, 0.15) is 30.0 Å². The Morgan fingerprint density at radius 1 is 1.22 bits per heavy atom. The number of halogens is 2. The summed E-state index contributed by atoms with van der Waals surface area (Å²) in [4.78, 5) is 11.9. The molecule has 1 aromatic carbocycles. The standard InChI is InChI=1S/C17H17F2NO3/c1-11-3-6-14(22-11)9-10-16(21)20-12(2)13-4-7-15(8-5-13)23-17(18)19/h3-10,12,17H,1-2H3,(H,20,21)/b10-9+. The molecule has 0 saturated heterocycles. The van der Waals surface area contributed by atoms with Crippen LogP contribution < -0.4 is 10.1 Å². The molecule has 4 nitrogen and oxygen atoms in total. The second-order valence-corrected chi connectivity index (χ2v) is 4.96. The van der Waals surface area contributed by atoms with Gasteiger partial charge in [-0.05, 0) is 49.8 Å². The Morgan fingerprint density at radius 2 is 1.91 bits per heavy atom. The second kappa shape index (κ2) is 7.58. The van der Waals surface area contributed by atoms with Gasteiger partial charge in [0.1, 0.15) is 17.3 Å². The quantitative estimate of drug-likeness (QED) is 0.816. The van der Waals surface area contributed by atoms with Crippen molar-refractivity contribution in [3.63, 3.8) is 0 Å². The van der Waals surface area contributed by atoms with Crippen molar-refractivity contribution in [3.05, 3.63) is 59.6 Å². The molecule has 1 N–H and O–H groups in total. The van der Waals surface area contributed by atoms with Crippen LogP contribution in [0.2, 0.25) is 0 Å². The lowest BCUT2D eigenvalue weighted by Gasteiger charge is -2.13. The van der Waals surface area contributed by atoms with Crippen LogP contribution in [0.3, 0.4) is 0 Å². The van der Waals surface area contributed by atoms with E-state index in [1.807, 2.05) is 13.0 Å². The summed E-state index contributed by atoms with van der Waals surface area (Å²) in [6.45, 7) is 0.764. The van der Waals surface area contributed by atoms with E-state index in [1.54, 1.807) is 31.2 Å². The largest absolute Gasteiger partial charge is 0.462 e. The van der Waals surface area contributed by atoms with Gasteiger partial charge in [-0.3, -0.25) is 4.79 Å². The van der Waals surface area contributed by atoms with Crippen LogP contribution >= 0.6 is 0 Å². The molecule has 0 fully saturated rings. The number of amides is 1. The summed E-state index contributed by atoms with van der Waals surface area (Å²) in [5.74, 6) is 1.16. The van der Waals surface area contributed by atoms with E-state index in [0.29, 0.717) is 5.76 Å². The van der Waals surface area contributed by atoms with Gasteiger partial charge < -0.3 is 14.5 Å². The first kappa shape index (κ1) is 16.7. The number of nitrogens with one attached hydrogen (secondary N) is 1. The lowest BCUT2D eigenvalue weighted by molar-refractivity contribution is -0.117. The maximum atomic E-state index is 12.1. The van der Waals surface area contributed by atoms with Crippen molar-refractivity contribution in [3.8, 4) is 5.75 Å². The first-order valence-electron chi connectivity index (χ1n) is 7.04. The van der Waals surface area contributed by atoms with E-state index < -0.39 is 6.61 Å². The van der Waals surface area contributed by atoms with Crippen LogP contribution in [0.4, 0.5) is 8.78 Å². The maximum Gasteiger partial charge on any atom is 0.387 e. The smallest absolute Gasteiger partial charge is 0.387 e. The number of aryl methyl sites for hydroxylation is 1. The maximum absolute atomic E-state index is 12.1. The zero-order valence-electron chi connectivity index (χ0n) is 12.8. The van der Waals surface area contributed by atoms with E-state index in [2.05, 4.69) is 10.1 Å². The van der Waals surface area contributed by atoms with Crippen LogP contribution in [0.5, 0.6) is 5.75 Å². The van der Waals surface area contributed by atoms with Crippen LogP contribution in [-0.4, -0.2) is 12.5 Å². The highest BCUT2D eigenvalue weighted by atomic mass is 19.3. The predicted molar refractivity (Wildman–Crippen MR) is 82.1 cm³/mol. The van der Waals surface area contributed by atoms with Crippen LogP contribution in [-0.2, 0) is 4.79 Å². The van der Waals surface area contributed by atoms with E-state index in [0.717, 1.165) is 11.3 Å². The average molecular weight is 321 g/mol. The van der Waals surface area contributed by atoms with Crippen molar-refractivity contribution in [2.45, 2.75) is 26.5 Å². The molecule has 0 saturated carbocycles. The molecule has 1 unspecified atom stereocenters. The molecule has 1 heterocycles. The summed E-state index contributed by atoms with van der Waals surface area (Å²) >= 11 is 0. The number of carbonyl (C=O) groups excluding carboxylic acids is 1.